The Morgan fingerprint density at radius 1 is 1.23 bits per heavy atom. The van der Waals surface area contributed by atoms with E-state index < -0.39 is 11.4 Å². The molecule has 8 nitrogen and oxygen atoms in total. The Kier molecular flexibility index (Phi) is 7.26. The maximum atomic E-state index is 15.8. The molecule has 9 heteroatoms. The lowest BCUT2D eigenvalue weighted by atomic mass is 9.84. The fourth-order valence-corrected chi connectivity index (χ4v) is 6.07. The number of benzene rings is 2. The molecule has 2 aromatic carbocycles. The van der Waals surface area contributed by atoms with E-state index in [0.717, 1.165) is 22.2 Å². The summed E-state index contributed by atoms with van der Waals surface area (Å²) in [7, 11) is 3.85. The van der Waals surface area contributed by atoms with Gasteiger partial charge in [0.1, 0.15) is 24.6 Å². The highest BCUT2D eigenvalue weighted by Crippen LogP contribution is 2.42. The molecule has 224 valence electrons. The van der Waals surface area contributed by atoms with Gasteiger partial charge in [-0.05, 0) is 64.2 Å². The summed E-state index contributed by atoms with van der Waals surface area (Å²) in [5.74, 6) is -0.0775. The van der Waals surface area contributed by atoms with Gasteiger partial charge in [0, 0.05) is 46.4 Å². The second-order valence-electron chi connectivity index (χ2n) is 12.0. The molecule has 0 fully saturated rings. The Labute approximate surface area is 250 Å². The van der Waals surface area contributed by atoms with Crippen molar-refractivity contribution in [2.45, 2.75) is 65.1 Å². The minimum absolute atomic E-state index is 0.0528. The van der Waals surface area contributed by atoms with Gasteiger partial charge in [-0.25, -0.2) is 9.37 Å². The van der Waals surface area contributed by atoms with E-state index in [1.54, 1.807) is 4.57 Å². The monoisotopic (exact) mass is 584 g/mol. The molecule has 4 heterocycles. The molecule has 0 spiro atoms. The molecule has 0 saturated heterocycles. The van der Waals surface area contributed by atoms with Gasteiger partial charge < -0.3 is 29.4 Å². The molecule has 0 unspecified atom stereocenters. The first kappa shape index (κ1) is 28.9. The number of aromatic nitrogens is 2. The summed E-state index contributed by atoms with van der Waals surface area (Å²) in [5.41, 5.74) is 4.36. The molecule has 6 rings (SSSR count). The predicted molar refractivity (Wildman–Crippen MR) is 166 cm³/mol. The molecule has 0 amide bonds. The zero-order chi connectivity index (χ0) is 30.6. The number of nitrogens with one attached hydrogen (secondary N) is 1. The first-order valence-corrected chi connectivity index (χ1v) is 14.6. The molecule has 2 aromatic heterocycles. The normalized spacial score (nSPS) is 17.2. The highest BCUT2D eigenvalue weighted by atomic mass is 19.1. The average Bonchev–Trinajstić information content (AvgIpc) is 3.32. The first-order chi connectivity index (χ1) is 20.5. The van der Waals surface area contributed by atoms with E-state index in [2.05, 4.69) is 25.7 Å². The number of pyridine rings is 2. The molecule has 1 atom stereocenters. The summed E-state index contributed by atoms with van der Waals surface area (Å²) in [4.78, 5) is 20.5. The van der Waals surface area contributed by atoms with Crippen molar-refractivity contribution in [1.82, 2.24) is 14.5 Å². The Morgan fingerprint density at radius 3 is 2.65 bits per heavy atom. The van der Waals surface area contributed by atoms with Gasteiger partial charge in [0.05, 0.1) is 29.0 Å². The van der Waals surface area contributed by atoms with E-state index in [0.29, 0.717) is 59.1 Å². The molecule has 2 N–H and O–H groups in total. The topological polar surface area (TPSA) is 88.9 Å². The van der Waals surface area contributed by atoms with E-state index in [9.17, 15) is 9.90 Å². The predicted octanol–water partition coefficient (Wildman–Crippen LogP) is 5.67. The SMILES string of the molecule is C=C1OCc2c(cc3n(c2=O)Cc2cc4c(CN(C)C)c(OCc5ccc(NC(C)C)cc5)c(F)cc4nc2-3)[C@@]1(O)CC. The van der Waals surface area contributed by atoms with Crippen LogP contribution in [0.3, 0.4) is 0 Å². The van der Waals surface area contributed by atoms with Crippen LogP contribution in [0.4, 0.5) is 10.1 Å². The fraction of sp³-hybridized carbons (Fsp3) is 0.353. The maximum Gasteiger partial charge on any atom is 0.258 e. The van der Waals surface area contributed by atoms with E-state index in [1.807, 2.05) is 62.3 Å². The van der Waals surface area contributed by atoms with Crippen molar-refractivity contribution in [2.75, 3.05) is 19.4 Å². The number of ether oxygens (including phenoxy) is 2. The van der Waals surface area contributed by atoms with Crippen LogP contribution < -0.4 is 15.6 Å². The number of nitrogens with zero attached hydrogens (tertiary/aromatic N) is 3. The van der Waals surface area contributed by atoms with Gasteiger partial charge in [-0.2, -0.15) is 0 Å². The van der Waals surface area contributed by atoms with Crippen LogP contribution in [0.25, 0.3) is 22.3 Å². The number of anilines is 1. The van der Waals surface area contributed by atoms with Crippen LogP contribution >= 0.6 is 0 Å². The van der Waals surface area contributed by atoms with Gasteiger partial charge in [0.2, 0.25) is 0 Å². The van der Waals surface area contributed by atoms with Crippen molar-refractivity contribution in [3.8, 4) is 17.1 Å². The minimum atomic E-state index is -1.47. The lowest BCUT2D eigenvalue weighted by molar-refractivity contribution is -0.0172. The van der Waals surface area contributed by atoms with Crippen LogP contribution in [0.1, 0.15) is 55.0 Å². The number of rotatable bonds is 8. The second-order valence-corrected chi connectivity index (χ2v) is 12.0. The van der Waals surface area contributed by atoms with Crippen molar-refractivity contribution in [1.29, 1.82) is 0 Å². The van der Waals surface area contributed by atoms with Crippen molar-refractivity contribution < 1.29 is 19.0 Å². The van der Waals surface area contributed by atoms with E-state index in [4.69, 9.17) is 14.5 Å². The largest absolute Gasteiger partial charge is 0.490 e. The Hall–Kier alpha value is -4.21. The van der Waals surface area contributed by atoms with Crippen LogP contribution in [0, 0.1) is 5.82 Å². The molecular formula is C34H37FN4O4. The van der Waals surface area contributed by atoms with Gasteiger partial charge >= 0.3 is 0 Å². The fourth-order valence-electron chi connectivity index (χ4n) is 6.07. The standard InChI is InChI=1S/C34H37FN4O4/c1-7-34(41)20(4)42-18-26-27(34)13-30-31-22(15-39(30)33(26)40)12-24-25(16-38(5)6)32(28(35)14-29(24)37-31)43-17-21-8-10-23(11-9-21)36-19(2)3/h8-14,19,36,41H,4,7,15-18H2,1-3,5-6H3/t34-/m1/s1. The minimum Gasteiger partial charge on any atom is -0.490 e. The lowest BCUT2D eigenvalue weighted by Gasteiger charge is -2.35. The highest BCUT2D eigenvalue weighted by Gasteiger charge is 2.41. The molecule has 0 bridgehead atoms. The number of hydrogen-bond donors (Lipinski definition) is 2. The summed E-state index contributed by atoms with van der Waals surface area (Å²) < 4.78 is 29.2. The molecule has 4 aromatic rings. The number of aliphatic hydroxyl groups is 1. The first-order valence-electron chi connectivity index (χ1n) is 14.6. The van der Waals surface area contributed by atoms with Gasteiger partial charge in [-0.15, -0.1) is 0 Å². The quantitative estimate of drug-likeness (QED) is 0.243. The van der Waals surface area contributed by atoms with Crippen molar-refractivity contribution in [2.24, 2.45) is 0 Å². The zero-order valence-electron chi connectivity index (χ0n) is 25.3. The van der Waals surface area contributed by atoms with Crippen LogP contribution in [0.2, 0.25) is 0 Å². The molecular weight excluding hydrogens is 547 g/mol. The smallest absolute Gasteiger partial charge is 0.258 e. The van der Waals surface area contributed by atoms with Gasteiger partial charge in [0.15, 0.2) is 11.6 Å². The maximum absolute atomic E-state index is 15.8. The van der Waals surface area contributed by atoms with Crippen LogP contribution in [0.5, 0.6) is 5.75 Å². The second kappa shape index (κ2) is 10.8. The number of hydrogen-bond acceptors (Lipinski definition) is 7. The molecule has 0 radical (unpaired) electrons. The average molecular weight is 585 g/mol. The highest BCUT2D eigenvalue weighted by molar-refractivity contribution is 5.89. The van der Waals surface area contributed by atoms with Crippen molar-refractivity contribution >= 4 is 16.6 Å². The van der Waals surface area contributed by atoms with Gasteiger partial charge in [0.25, 0.3) is 5.56 Å². The third-order valence-corrected chi connectivity index (χ3v) is 8.26. The van der Waals surface area contributed by atoms with Gasteiger partial charge in [-0.3, -0.25) is 4.79 Å². The molecule has 2 aliphatic rings. The third kappa shape index (κ3) is 4.96. The van der Waals surface area contributed by atoms with Gasteiger partial charge in [-0.1, -0.05) is 25.6 Å². The Bertz CT molecular complexity index is 1810. The summed E-state index contributed by atoms with van der Waals surface area (Å²) in [6.45, 7) is 10.9. The van der Waals surface area contributed by atoms with E-state index in [1.165, 1.54) is 6.07 Å². The van der Waals surface area contributed by atoms with Crippen molar-refractivity contribution in [3.63, 3.8) is 0 Å². The van der Waals surface area contributed by atoms with E-state index >= 15 is 4.39 Å². The Balaban J connectivity index is 1.41. The Morgan fingerprint density at radius 2 is 1.98 bits per heavy atom. The molecule has 2 aliphatic heterocycles. The summed E-state index contributed by atoms with van der Waals surface area (Å²) >= 11 is 0. The van der Waals surface area contributed by atoms with Crippen LogP contribution in [0.15, 0.2) is 59.6 Å². The third-order valence-electron chi connectivity index (χ3n) is 8.26. The molecule has 0 aliphatic carbocycles. The summed E-state index contributed by atoms with van der Waals surface area (Å²) in [6.07, 6.45) is 0.306. The zero-order valence-corrected chi connectivity index (χ0v) is 25.3. The summed E-state index contributed by atoms with van der Waals surface area (Å²) in [5, 5.41) is 15.5. The van der Waals surface area contributed by atoms with Crippen LogP contribution in [-0.4, -0.2) is 39.7 Å². The van der Waals surface area contributed by atoms with Crippen molar-refractivity contribution in [3.05, 3.63) is 98.8 Å². The number of halogens is 1. The van der Waals surface area contributed by atoms with Crippen LogP contribution in [-0.2, 0) is 36.6 Å². The number of fused-ring (bicyclic) bond motifs is 5. The molecule has 0 saturated carbocycles. The lowest BCUT2D eigenvalue weighted by Crippen LogP contribution is -2.38. The summed E-state index contributed by atoms with van der Waals surface area (Å²) in [6, 6.07) is 13.4. The molecule has 43 heavy (non-hydrogen) atoms. The van der Waals surface area contributed by atoms with E-state index in [-0.39, 0.29) is 30.3 Å².